The van der Waals surface area contributed by atoms with Gasteiger partial charge in [0.25, 0.3) is 0 Å². The largest absolute Gasteiger partial charge is 0.579 e. The molecule has 0 amide bonds. The third-order valence-corrected chi connectivity index (χ3v) is 4.30. The van der Waals surface area contributed by atoms with Crippen molar-refractivity contribution in [3.63, 3.8) is 0 Å². The minimum Gasteiger partial charge on any atom is -0.368 e. The number of rotatable bonds is 8. The Morgan fingerprint density at radius 1 is 1.14 bits per heavy atom. The molecule has 0 atom stereocenters. The fourth-order valence-corrected chi connectivity index (χ4v) is 3.10. The van der Waals surface area contributed by atoms with Gasteiger partial charge < -0.3 is 13.3 Å². The summed E-state index contributed by atoms with van der Waals surface area (Å²) >= 11 is 0. The molecular weight excluding hydrogens is 200 g/mol. The lowest BCUT2D eigenvalue weighted by molar-refractivity contribution is -0.115. The average Bonchev–Trinajstić information content (AvgIpc) is 2.17. The number of allylic oxidation sites excluding steroid dienone is 1. The highest BCUT2D eigenvalue weighted by Gasteiger charge is 2.48. The van der Waals surface area contributed by atoms with Crippen LogP contribution in [0.2, 0.25) is 0 Å². The molecule has 0 rings (SSSR count). The molecule has 0 fully saturated rings. The van der Waals surface area contributed by atoms with E-state index in [2.05, 4.69) is 6.58 Å². The fraction of sp³-hybridized carbons (Fsp3) is 0.667. The van der Waals surface area contributed by atoms with Crippen LogP contribution < -0.4 is 0 Å². The van der Waals surface area contributed by atoms with Crippen molar-refractivity contribution < 1.29 is 18.1 Å². The highest BCUT2D eigenvalue weighted by atomic mass is 28.4. The lowest BCUT2D eigenvalue weighted by Crippen LogP contribution is -2.53. The van der Waals surface area contributed by atoms with E-state index in [4.69, 9.17) is 13.3 Å². The molecule has 0 aromatic rings. The predicted octanol–water partition coefficient (Wildman–Crippen LogP) is 1.33. The molecule has 0 heterocycles. The SMILES string of the molecule is C=CC(=O)[Si](OCC)(OCC)OCC. The van der Waals surface area contributed by atoms with Gasteiger partial charge in [-0.15, -0.1) is 0 Å². The minimum atomic E-state index is -3.16. The number of carbonyl (C=O) groups excluding carboxylic acids is 1. The zero-order valence-electron chi connectivity index (χ0n) is 9.04. The van der Waals surface area contributed by atoms with Crippen molar-refractivity contribution in [1.82, 2.24) is 0 Å². The van der Waals surface area contributed by atoms with Gasteiger partial charge in [0.1, 0.15) is 0 Å². The Hall–Kier alpha value is -0.493. The summed E-state index contributed by atoms with van der Waals surface area (Å²) in [6.07, 6.45) is 1.20. The first kappa shape index (κ1) is 13.5. The Labute approximate surface area is 86.2 Å². The first-order valence-electron chi connectivity index (χ1n) is 4.75. The lowest BCUT2D eigenvalue weighted by Gasteiger charge is -2.25. The van der Waals surface area contributed by atoms with Gasteiger partial charge in [-0.3, -0.25) is 4.79 Å². The molecule has 0 spiro atoms. The van der Waals surface area contributed by atoms with Gasteiger partial charge in [-0.05, 0) is 26.8 Å². The Balaban J connectivity index is 4.71. The monoisotopic (exact) mass is 218 g/mol. The summed E-state index contributed by atoms with van der Waals surface area (Å²) < 4.78 is 16.0. The zero-order chi connectivity index (χ0) is 11.0. The molecule has 0 unspecified atom stereocenters. The topological polar surface area (TPSA) is 44.8 Å². The molecule has 0 saturated heterocycles. The van der Waals surface area contributed by atoms with E-state index < -0.39 is 8.80 Å². The van der Waals surface area contributed by atoms with Crippen LogP contribution >= 0.6 is 0 Å². The van der Waals surface area contributed by atoms with E-state index in [-0.39, 0.29) is 5.41 Å². The van der Waals surface area contributed by atoms with E-state index in [9.17, 15) is 4.79 Å². The van der Waals surface area contributed by atoms with Crippen molar-refractivity contribution >= 4 is 14.2 Å². The quantitative estimate of drug-likeness (QED) is 0.455. The molecule has 0 aromatic carbocycles. The molecule has 0 aliphatic heterocycles. The maximum absolute atomic E-state index is 11.6. The van der Waals surface area contributed by atoms with E-state index >= 15 is 0 Å². The van der Waals surface area contributed by atoms with E-state index in [0.29, 0.717) is 19.8 Å². The molecule has 0 bridgehead atoms. The zero-order valence-corrected chi connectivity index (χ0v) is 10.0. The van der Waals surface area contributed by atoms with E-state index in [1.165, 1.54) is 6.08 Å². The summed E-state index contributed by atoms with van der Waals surface area (Å²) in [4.78, 5) is 11.6. The van der Waals surface area contributed by atoms with Crippen molar-refractivity contribution in [2.24, 2.45) is 0 Å². The van der Waals surface area contributed by atoms with Gasteiger partial charge in [0.05, 0.1) is 0 Å². The minimum absolute atomic E-state index is 0.275. The highest BCUT2D eigenvalue weighted by Crippen LogP contribution is 2.11. The summed E-state index contributed by atoms with van der Waals surface area (Å²) in [5, 5.41) is -0.275. The molecule has 0 saturated carbocycles. The van der Waals surface area contributed by atoms with Crippen LogP contribution in [0.4, 0.5) is 0 Å². The molecule has 0 aromatic heterocycles. The van der Waals surface area contributed by atoms with Crippen LogP contribution in [0, 0.1) is 0 Å². The Morgan fingerprint density at radius 3 is 1.71 bits per heavy atom. The van der Waals surface area contributed by atoms with Gasteiger partial charge in [-0.2, -0.15) is 0 Å². The van der Waals surface area contributed by atoms with E-state index in [1.807, 2.05) is 0 Å². The summed E-state index contributed by atoms with van der Waals surface area (Å²) in [5.74, 6) is 0. The van der Waals surface area contributed by atoms with Crippen molar-refractivity contribution in [2.45, 2.75) is 20.8 Å². The van der Waals surface area contributed by atoms with Crippen molar-refractivity contribution in [3.8, 4) is 0 Å². The second-order valence-corrected chi connectivity index (χ2v) is 4.89. The molecule has 4 nitrogen and oxygen atoms in total. The maximum Gasteiger partial charge on any atom is 0.579 e. The molecule has 0 aliphatic rings. The third kappa shape index (κ3) is 3.34. The summed E-state index contributed by atoms with van der Waals surface area (Å²) in [5.41, 5.74) is 0. The molecule has 82 valence electrons. The van der Waals surface area contributed by atoms with Gasteiger partial charge in [-0.25, -0.2) is 0 Å². The van der Waals surface area contributed by atoms with Crippen LogP contribution in [-0.2, 0) is 18.1 Å². The summed E-state index contributed by atoms with van der Waals surface area (Å²) in [6.45, 7) is 10.0. The second-order valence-electron chi connectivity index (χ2n) is 2.42. The molecule has 0 aliphatic carbocycles. The molecule has 0 N–H and O–H groups in total. The van der Waals surface area contributed by atoms with Crippen LogP contribution in [0.25, 0.3) is 0 Å². The first-order chi connectivity index (χ1) is 6.66. The van der Waals surface area contributed by atoms with Gasteiger partial charge in [-0.1, -0.05) is 6.58 Å². The Morgan fingerprint density at radius 2 is 1.50 bits per heavy atom. The van der Waals surface area contributed by atoms with Crippen molar-refractivity contribution in [2.75, 3.05) is 19.8 Å². The van der Waals surface area contributed by atoms with Crippen LogP contribution in [0.1, 0.15) is 20.8 Å². The van der Waals surface area contributed by atoms with Gasteiger partial charge in [0.15, 0.2) is 0 Å². The molecular formula is C9H18O4Si. The van der Waals surface area contributed by atoms with Gasteiger partial charge >= 0.3 is 8.80 Å². The standard InChI is InChI=1S/C9H18O4Si/c1-5-9(10)14(11-6-2,12-7-3)13-8-4/h5H,1,6-8H2,2-4H3. The average molecular weight is 218 g/mol. The predicted molar refractivity (Wildman–Crippen MR) is 55.8 cm³/mol. The Bertz CT molecular complexity index is 176. The smallest absolute Gasteiger partial charge is 0.368 e. The van der Waals surface area contributed by atoms with Crippen LogP contribution in [0.5, 0.6) is 0 Å². The number of hydrogen-bond acceptors (Lipinski definition) is 4. The van der Waals surface area contributed by atoms with Crippen molar-refractivity contribution in [1.29, 1.82) is 0 Å². The van der Waals surface area contributed by atoms with E-state index in [1.54, 1.807) is 20.8 Å². The lowest BCUT2D eigenvalue weighted by atomic mass is 10.7. The van der Waals surface area contributed by atoms with Crippen LogP contribution in [-0.4, -0.2) is 34.0 Å². The van der Waals surface area contributed by atoms with Crippen LogP contribution in [0.3, 0.4) is 0 Å². The van der Waals surface area contributed by atoms with Crippen LogP contribution in [0.15, 0.2) is 12.7 Å². The maximum atomic E-state index is 11.6. The highest BCUT2D eigenvalue weighted by molar-refractivity contribution is 6.94. The summed E-state index contributed by atoms with van der Waals surface area (Å²) in [6, 6.07) is 0. The van der Waals surface area contributed by atoms with Gasteiger partial charge in [0, 0.05) is 19.8 Å². The molecule has 0 radical (unpaired) electrons. The van der Waals surface area contributed by atoms with E-state index in [0.717, 1.165) is 0 Å². The second kappa shape index (κ2) is 6.89. The van der Waals surface area contributed by atoms with Gasteiger partial charge in [0.2, 0.25) is 5.41 Å². The number of carbonyl (C=O) groups is 1. The third-order valence-electron chi connectivity index (χ3n) is 1.49. The first-order valence-corrected chi connectivity index (χ1v) is 6.48. The Kier molecular flexibility index (Phi) is 6.64. The molecule has 5 heteroatoms. The normalized spacial score (nSPS) is 11.4. The molecule has 14 heavy (non-hydrogen) atoms. The van der Waals surface area contributed by atoms with Crippen molar-refractivity contribution in [3.05, 3.63) is 12.7 Å². The fourth-order valence-electron chi connectivity index (χ4n) is 1.03. The summed E-state index contributed by atoms with van der Waals surface area (Å²) in [7, 11) is -3.16. The number of hydrogen-bond donors (Lipinski definition) is 0.